The first-order chi connectivity index (χ1) is 14.6. The number of carbonyl (C=O) groups is 2. The van der Waals surface area contributed by atoms with Gasteiger partial charge in [0.15, 0.2) is 0 Å². The fraction of sp³-hybridized carbons (Fsp3) is 0.364. The van der Waals surface area contributed by atoms with Gasteiger partial charge in [0, 0.05) is 19.6 Å². The normalized spacial score (nSPS) is 19.1. The second-order valence-electron chi connectivity index (χ2n) is 7.87. The van der Waals surface area contributed by atoms with Crippen LogP contribution in [0.3, 0.4) is 0 Å². The third-order valence-corrected chi connectivity index (χ3v) is 5.37. The summed E-state index contributed by atoms with van der Waals surface area (Å²) in [5.41, 5.74) is -1.42. The summed E-state index contributed by atoms with van der Waals surface area (Å²) in [6, 6.07) is 9.80. The molecule has 0 bridgehead atoms. The Morgan fingerprint density at radius 1 is 1.10 bits per heavy atom. The number of carbonyl (C=O) groups excluding carboxylic acids is 2. The minimum absolute atomic E-state index is 0.0717. The third kappa shape index (κ3) is 5.53. The van der Waals surface area contributed by atoms with Crippen molar-refractivity contribution < 1.29 is 27.2 Å². The van der Waals surface area contributed by atoms with Crippen molar-refractivity contribution in [3.63, 3.8) is 0 Å². The topological polar surface area (TPSA) is 61.4 Å². The molecule has 5 nitrogen and oxygen atoms in total. The molecular weight excluding hydrogens is 414 g/mol. The zero-order chi connectivity index (χ0) is 22.6. The number of hydrogen-bond acceptors (Lipinski definition) is 2. The van der Waals surface area contributed by atoms with E-state index in [1.807, 2.05) is 0 Å². The average molecular weight is 437 g/mol. The molecule has 0 unspecified atom stereocenters. The Hall–Kier alpha value is -3.10. The number of benzene rings is 2. The number of rotatable bonds is 4. The highest BCUT2D eigenvalue weighted by molar-refractivity contribution is 5.91. The molecule has 0 spiro atoms. The van der Waals surface area contributed by atoms with E-state index in [0.29, 0.717) is 19.4 Å². The lowest BCUT2D eigenvalue weighted by atomic mass is 9.81. The summed E-state index contributed by atoms with van der Waals surface area (Å²) in [5.74, 6) is -0.645. The van der Waals surface area contributed by atoms with E-state index in [-0.39, 0.29) is 30.5 Å². The van der Waals surface area contributed by atoms with Crippen LogP contribution in [0.25, 0.3) is 0 Å². The number of alkyl halides is 3. The lowest BCUT2D eigenvalue weighted by Crippen LogP contribution is -2.52. The van der Waals surface area contributed by atoms with Crippen molar-refractivity contribution in [2.75, 3.05) is 18.4 Å². The van der Waals surface area contributed by atoms with Gasteiger partial charge in [-0.2, -0.15) is 13.2 Å². The van der Waals surface area contributed by atoms with E-state index in [4.69, 9.17) is 0 Å². The number of likely N-dealkylation sites (tertiary alicyclic amines) is 1. The number of amides is 3. The van der Waals surface area contributed by atoms with Crippen molar-refractivity contribution in [2.24, 2.45) is 5.41 Å². The Balaban J connectivity index is 1.64. The Bertz CT molecular complexity index is 947. The summed E-state index contributed by atoms with van der Waals surface area (Å²) < 4.78 is 52.5. The molecule has 1 aliphatic heterocycles. The molecule has 0 saturated carbocycles. The molecule has 1 heterocycles. The van der Waals surface area contributed by atoms with E-state index in [1.54, 1.807) is 19.1 Å². The second-order valence-corrected chi connectivity index (χ2v) is 7.87. The number of anilines is 1. The van der Waals surface area contributed by atoms with Gasteiger partial charge in [0.1, 0.15) is 5.82 Å². The highest BCUT2D eigenvalue weighted by atomic mass is 19.4. The van der Waals surface area contributed by atoms with Crippen LogP contribution < -0.4 is 10.6 Å². The van der Waals surface area contributed by atoms with Crippen LogP contribution in [0.4, 0.5) is 28.0 Å². The lowest BCUT2D eigenvalue weighted by Gasteiger charge is -2.39. The zero-order valence-corrected chi connectivity index (χ0v) is 16.9. The molecule has 0 radical (unpaired) electrons. The number of nitrogens with one attached hydrogen (secondary N) is 2. The number of urea groups is 1. The fourth-order valence-electron chi connectivity index (χ4n) is 3.63. The van der Waals surface area contributed by atoms with E-state index in [2.05, 4.69) is 10.6 Å². The predicted molar refractivity (Wildman–Crippen MR) is 108 cm³/mol. The molecule has 3 amide bonds. The smallest absolute Gasteiger partial charge is 0.351 e. The van der Waals surface area contributed by atoms with Gasteiger partial charge in [-0.1, -0.05) is 24.3 Å². The summed E-state index contributed by atoms with van der Waals surface area (Å²) in [4.78, 5) is 26.8. The molecule has 1 saturated heterocycles. The number of hydrogen-bond donors (Lipinski definition) is 2. The van der Waals surface area contributed by atoms with E-state index in [9.17, 15) is 27.2 Å². The fourth-order valence-corrected chi connectivity index (χ4v) is 3.63. The van der Waals surface area contributed by atoms with Gasteiger partial charge in [-0.3, -0.25) is 4.79 Å². The molecule has 0 aliphatic carbocycles. The molecule has 0 aromatic heterocycles. The Morgan fingerprint density at radius 3 is 2.45 bits per heavy atom. The summed E-state index contributed by atoms with van der Waals surface area (Å²) in [6.07, 6.45) is -3.53. The predicted octanol–water partition coefficient (Wildman–Crippen LogP) is 4.79. The van der Waals surface area contributed by atoms with Crippen LogP contribution in [-0.4, -0.2) is 29.9 Å². The molecule has 1 fully saturated rings. The maximum absolute atomic E-state index is 13.2. The van der Waals surface area contributed by atoms with Crippen LogP contribution in [0.15, 0.2) is 48.5 Å². The number of halogens is 4. The van der Waals surface area contributed by atoms with Crippen molar-refractivity contribution in [3.8, 4) is 0 Å². The molecule has 166 valence electrons. The maximum atomic E-state index is 13.2. The lowest BCUT2D eigenvalue weighted by molar-refractivity contribution is -0.137. The van der Waals surface area contributed by atoms with Gasteiger partial charge in [0.2, 0.25) is 5.91 Å². The zero-order valence-electron chi connectivity index (χ0n) is 16.9. The summed E-state index contributed by atoms with van der Waals surface area (Å²) in [6.45, 7) is 2.33. The molecule has 9 heteroatoms. The van der Waals surface area contributed by atoms with Gasteiger partial charge in [-0.15, -0.1) is 0 Å². The summed E-state index contributed by atoms with van der Waals surface area (Å²) in [7, 11) is 0. The maximum Gasteiger partial charge on any atom is 0.418 e. The Labute approximate surface area is 177 Å². The molecule has 2 N–H and O–H groups in total. The molecule has 1 aliphatic rings. The second kappa shape index (κ2) is 8.95. The monoisotopic (exact) mass is 437 g/mol. The largest absolute Gasteiger partial charge is 0.418 e. The van der Waals surface area contributed by atoms with Crippen LogP contribution in [0.1, 0.15) is 30.9 Å². The van der Waals surface area contributed by atoms with Crippen LogP contribution in [-0.2, 0) is 17.5 Å². The molecule has 3 rings (SSSR count). The molecule has 31 heavy (non-hydrogen) atoms. The van der Waals surface area contributed by atoms with E-state index in [1.165, 1.54) is 35.2 Å². The highest BCUT2D eigenvalue weighted by Gasteiger charge is 2.40. The van der Waals surface area contributed by atoms with Crippen LogP contribution in [0, 0.1) is 11.2 Å². The van der Waals surface area contributed by atoms with E-state index in [0.717, 1.165) is 11.6 Å². The van der Waals surface area contributed by atoms with Gasteiger partial charge in [0.05, 0.1) is 16.7 Å². The van der Waals surface area contributed by atoms with Crippen LogP contribution in [0.2, 0.25) is 0 Å². The van der Waals surface area contributed by atoms with E-state index < -0.39 is 23.2 Å². The van der Waals surface area contributed by atoms with Gasteiger partial charge in [-0.25, -0.2) is 9.18 Å². The highest BCUT2D eigenvalue weighted by Crippen LogP contribution is 2.35. The van der Waals surface area contributed by atoms with Gasteiger partial charge in [-0.05, 0) is 49.6 Å². The Kier molecular flexibility index (Phi) is 6.52. The first-order valence-corrected chi connectivity index (χ1v) is 9.83. The van der Waals surface area contributed by atoms with Gasteiger partial charge >= 0.3 is 12.2 Å². The quantitative estimate of drug-likeness (QED) is 0.676. The third-order valence-electron chi connectivity index (χ3n) is 5.37. The molecular formula is C22H23F4N3O2. The number of nitrogens with zero attached hydrogens (tertiary/aromatic N) is 1. The Morgan fingerprint density at radius 2 is 1.77 bits per heavy atom. The van der Waals surface area contributed by atoms with Crippen molar-refractivity contribution in [1.29, 1.82) is 0 Å². The van der Waals surface area contributed by atoms with Crippen LogP contribution in [0.5, 0.6) is 0 Å². The van der Waals surface area contributed by atoms with Crippen molar-refractivity contribution in [3.05, 3.63) is 65.5 Å². The number of para-hydroxylation sites is 1. The van der Waals surface area contributed by atoms with Crippen molar-refractivity contribution >= 4 is 17.6 Å². The SMILES string of the molecule is C[C@@]1(C(=O)NCc2ccc(F)cc2)CCCN(C(=O)Nc2ccccc2C(F)(F)F)C1. The summed E-state index contributed by atoms with van der Waals surface area (Å²) in [5, 5.41) is 5.12. The molecule has 2 aromatic carbocycles. The molecule has 1 atom stereocenters. The average Bonchev–Trinajstić information content (AvgIpc) is 2.72. The van der Waals surface area contributed by atoms with Gasteiger partial charge in [0.25, 0.3) is 0 Å². The van der Waals surface area contributed by atoms with Crippen molar-refractivity contribution in [2.45, 2.75) is 32.5 Å². The first-order valence-electron chi connectivity index (χ1n) is 9.83. The van der Waals surface area contributed by atoms with E-state index >= 15 is 0 Å². The first kappa shape index (κ1) is 22.6. The van der Waals surface area contributed by atoms with Gasteiger partial charge < -0.3 is 15.5 Å². The van der Waals surface area contributed by atoms with Crippen LogP contribution >= 0.6 is 0 Å². The summed E-state index contributed by atoms with van der Waals surface area (Å²) >= 11 is 0. The minimum Gasteiger partial charge on any atom is -0.351 e. The number of piperidine rings is 1. The minimum atomic E-state index is -4.60. The van der Waals surface area contributed by atoms with Crippen molar-refractivity contribution in [1.82, 2.24) is 10.2 Å². The molecule has 2 aromatic rings. The standard InChI is InChI=1S/C22H23F4N3O2/c1-21(19(30)27-13-15-7-9-16(23)10-8-15)11-4-12-29(14-21)20(31)28-18-6-3-2-5-17(18)22(24,25)26/h2-3,5-10H,4,11-14H2,1H3,(H,27,30)(H,28,31)/t21-/m1/s1.